The maximum atomic E-state index is 13.4. The van der Waals surface area contributed by atoms with Gasteiger partial charge in [0.1, 0.15) is 29.8 Å². The summed E-state index contributed by atoms with van der Waals surface area (Å²) in [6.45, 7) is 1.03. The Morgan fingerprint density at radius 2 is 1.95 bits per heavy atom. The van der Waals surface area contributed by atoms with E-state index in [0.717, 1.165) is 5.56 Å². The van der Waals surface area contributed by atoms with Crippen molar-refractivity contribution in [2.24, 2.45) is 5.92 Å². The first-order valence-corrected chi connectivity index (χ1v) is 12.1. The predicted octanol–water partition coefficient (Wildman–Crippen LogP) is 4.58. The van der Waals surface area contributed by atoms with E-state index in [2.05, 4.69) is 10.4 Å². The zero-order chi connectivity index (χ0) is 27.6. The molecule has 38 heavy (non-hydrogen) atoms. The van der Waals surface area contributed by atoms with E-state index < -0.39 is 29.9 Å². The molecule has 1 fully saturated rings. The number of nitrogens with zero attached hydrogens (tertiary/aromatic N) is 2. The SMILES string of the molecule is CNC(=O)COCC(C)(C)c1ccc2c(-c3cc(OC)c(C(=O)C[C@@H]4C[C@@H]4F)c(OC(F)F)c3)cnn2c1. The van der Waals surface area contributed by atoms with E-state index in [1.807, 2.05) is 32.2 Å². The van der Waals surface area contributed by atoms with Gasteiger partial charge in [-0.3, -0.25) is 9.59 Å². The van der Waals surface area contributed by atoms with Gasteiger partial charge in [0.05, 0.1) is 25.4 Å². The average Bonchev–Trinajstić information content (AvgIpc) is 3.39. The average molecular weight is 534 g/mol. The first kappa shape index (κ1) is 27.4. The number of carbonyl (C=O) groups is 2. The minimum Gasteiger partial charge on any atom is -0.496 e. The summed E-state index contributed by atoms with van der Waals surface area (Å²) in [4.78, 5) is 24.3. The number of alkyl halides is 3. The van der Waals surface area contributed by atoms with Crippen molar-refractivity contribution in [1.82, 2.24) is 14.9 Å². The lowest BCUT2D eigenvalue weighted by atomic mass is 9.86. The molecule has 1 N–H and O–H groups in total. The van der Waals surface area contributed by atoms with E-state index in [-0.39, 0.29) is 42.4 Å². The van der Waals surface area contributed by atoms with Crippen molar-refractivity contribution < 1.29 is 37.0 Å². The highest BCUT2D eigenvalue weighted by Crippen LogP contribution is 2.42. The number of likely N-dealkylation sites (N-methyl/N-ethyl adjacent to an activating group) is 1. The Bertz CT molecular complexity index is 1340. The highest BCUT2D eigenvalue weighted by molar-refractivity contribution is 6.03. The molecule has 0 spiro atoms. The van der Waals surface area contributed by atoms with Gasteiger partial charge in [-0.2, -0.15) is 13.9 Å². The summed E-state index contributed by atoms with van der Waals surface area (Å²) in [6.07, 6.45) is 2.52. The minimum absolute atomic E-state index is 0.0491. The van der Waals surface area contributed by atoms with Gasteiger partial charge >= 0.3 is 6.61 Å². The number of ether oxygens (including phenoxy) is 3. The van der Waals surface area contributed by atoms with Crippen LogP contribution in [-0.2, 0) is 14.9 Å². The highest BCUT2D eigenvalue weighted by Gasteiger charge is 2.40. The number of ketones is 1. The van der Waals surface area contributed by atoms with Crippen LogP contribution in [-0.4, -0.2) is 61.5 Å². The van der Waals surface area contributed by atoms with Gasteiger partial charge < -0.3 is 19.5 Å². The monoisotopic (exact) mass is 533 g/mol. The molecule has 0 saturated heterocycles. The number of aromatic nitrogens is 2. The van der Waals surface area contributed by atoms with Crippen molar-refractivity contribution in [3.8, 4) is 22.6 Å². The van der Waals surface area contributed by atoms with Crippen molar-refractivity contribution in [1.29, 1.82) is 0 Å². The van der Waals surface area contributed by atoms with E-state index in [0.29, 0.717) is 23.3 Å². The van der Waals surface area contributed by atoms with E-state index >= 15 is 0 Å². The molecule has 0 unspecified atom stereocenters. The minimum atomic E-state index is -3.17. The molecule has 11 heteroatoms. The zero-order valence-electron chi connectivity index (χ0n) is 21.6. The van der Waals surface area contributed by atoms with Crippen molar-refractivity contribution in [2.45, 2.75) is 44.9 Å². The van der Waals surface area contributed by atoms with Gasteiger partial charge in [-0.15, -0.1) is 0 Å². The summed E-state index contributed by atoms with van der Waals surface area (Å²) in [5.41, 5.74) is 2.08. The van der Waals surface area contributed by atoms with E-state index in [9.17, 15) is 22.8 Å². The third-order valence-corrected chi connectivity index (χ3v) is 6.65. The van der Waals surface area contributed by atoms with E-state index in [1.54, 1.807) is 23.8 Å². The van der Waals surface area contributed by atoms with Crippen LogP contribution in [0.25, 0.3) is 16.6 Å². The van der Waals surface area contributed by atoms with Crippen LogP contribution in [0.5, 0.6) is 11.5 Å². The fourth-order valence-electron chi connectivity index (χ4n) is 4.29. The van der Waals surface area contributed by atoms with E-state index in [1.165, 1.54) is 13.2 Å². The fourth-order valence-corrected chi connectivity index (χ4v) is 4.29. The number of Topliss-reactive ketones (excluding diaryl/α,β-unsaturated/α-hetero) is 1. The summed E-state index contributed by atoms with van der Waals surface area (Å²) in [5, 5.41) is 6.93. The lowest BCUT2D eigenvalue weighted by Gasteiger charge is -2.25. The summed E-state index contributed by atoms with van der Waals surface area (Å²) < 4.78 is 57.3. The lowest BCUT2D eigenvalue weighted by Crippen LogP contribution is -2.29. The van der Waals surface area contributed by atoms with Crippen LogP contribution in [0.2, 0.25) is 0 Å². The van der Waals surface area contributed by atoms with Gasteiger partial charge in [-0.05, 0) is 35.7 Å². The molecule has 1 amide bonds. The maximum absolute atomic E-state index is 13.4. The van der Waals surface area contributed by atoms with Crippen LogP contribution in [0.1, 0.15) is 42.6 Å². The number of hydrogen-bond donors (Lipinski definition) is 1. The number of nitrogens with one attached hydrogen (secondary N) is 1. The largest absolute Gasteiger partial charge is 0.496 e. The Labute approximate surface area is 218 Å². The van der Waals surface area contributed by atoms with Gasteiger partial charge in [0, 0.05) is 36.6 Å². The van der Waals surface area contributed by atoms with Crippen LogP contribution in [0.3, 0.4) is 0 Å². The number of carbonyl (C=O) groups excluding carboxylic acids is 2. The number of fused-ring (bicyclic) bond motifs is 1. The standard InChI is InChI=1S/C27H30F3N3O5/c1-27(2,14-37-13-24(35)31-3)17-5-6-20-18(11-32-33(20)12-17)15-9-22(36-4)25(23(10-15)38-26(29)30)21(34)8-16-7-19(16)28/h5-6,9-12,16,19,26H,7-8,13-14H2,1-4H3,(H,31,35)/t16-,19-/m0/s1. The Balaban J connectivity index is 1.67. The smallest absolute Gasteiger partial charge is 0.387 e. The molecule has 3 aromatic rings. The molecular weight excluding hydrogens is 503 g/mol. The third-order valence-electron chi connectivity index (χ3n) is 6.65. The highest BCUT2D eigenvalue weighted by atomic mass is 19.3. The van der Waals surface area contributed by atoms with Crippen LogP contribution in [0.15, 0.2) is 36.7 Å². The fraction of sp³-hybridized carbons (Fsp3) is 0.444. The Hall–Kier alpha value is -3.60. The van der Waals surface area contributed by atoms with Gasteiger partial charge in [-0.1, -0.05) is 19.9 Å². The molecule has 1 aromatic carbocycles. The topological polar surface area (TPSA) is 91.2 Å². The molecular formula is C27H30F3N3O5. The van der Waals surface area contributed by atoms with Crippen LogP contribution >= 0.6 is 0 Å². The Morgan fingerprint density at radius 1 is 1.24 bits per heavy atom. The second-order valence-corrected chi connectivity index (χ2v) is 9.92. The molecule has 2 atom stereocenters. The number of methoxy groups -OCH3 is 1. The molecule has 0 bridgehead atoms. The summed E-state index contributed by atoms with van der Waals surface area (Å²) in [7, 11) is 2.87. The quantitative estimate of drug-likeness (QED) is 0.343. The van der Waals surface area contributed by atoms with Crippen molar-refractivity contribution in [3.63, 3.8) is 0 Å². The van der Waals surface area contributed by atoms with Crippen molar-refractivity contribution in [2.75, 3.05) is 27.4 Å². The second-order valence-electron chi connectivity index (χ2n) is 9.92. The first-order chi connectivity index (χ1) is 18.0. The van der Waals surface area contributed by atoms with Crippen LogP contribution in [0, 0.1) is 5.92 Å². The molecule has 1 saturated carbocycles. The van der Waals surface area contributed by atoms with Crippen LogP contribution in [0.4, 0.5) is 13.2 Å². The molecule has 1 aliphatic carbocycles. The molecule has 4 rings (SSSR count). The van der Waals surface area contributed by atoms with Gasteiger partial charge in [-0.25, -0.2) is 8.91 Å². The molecule has 2 heterocycles. The predicted molar refractivity (Wildman–Crippen MR) is 134 cm³/mol. The van der Waals surface area contributed by atoms with Gasteiger partial charge in [0.2, 0.25) is 5.91 Å². The Kier molecular flexibility index (Phi) is 7.96. The summed E-state index contributed by atoms with van der Waals surface area (Å²) >= 11 is 0. The summed E-state index contributed by atoms with van der Waals surface area (Å²) in [6, 6.07) is 6.65. The molecule has 2 aromatic heterocycles. The number of amides is 1. The molecule has 204 valence electrons. The number of pyridine rings is 1. The normalized spacial score (nSPS) is 17.1. The molecule has 0 radical (unpaired) electrons. The van der Waals surface area contributed by atoms with Gasteiger partial charge in [0.25, 0.3) is 0 Å². The maximum Gasteiger partial charge on any atom is 0.387 e. The number of halogens is 3. The van der Waals surface area contributed by atoms with Crippen molar-refractivity contribution in [3.05, 3.63) is 47.8 Å². The number of hydrogen-bond acceptors (Lipinski definition) is 6. The molecule has 1 aliphatic rings. The molecule has 0 aliphatic heterocycles. The van der Waals surface area contributed by atoms with Crippen molar-refractivity contribution >= 4 is 17.2 Å². The third kappa shape index (κ3) is 5.93. The first-order valence-electron chi connectivity index (χ1n) is 12.1. The molecule has 8 nitrogen and oxygen atoms in total. The zero-order valence-corrected chi connectivity index (χ0v) is 21.6. The lowest BCUT2D eigenvalue weighted by molar-refractivity contribution is -0.125. The second kappa shape index (κ2) is 11.0. The Morgan fingerprint density at radius 3 is 2.58 bits per heavy atom. The van der Waals surface area contributed by atoms with Crippen LogP contribution < -0.4 is 14.8 Å². The number of rotatable bonds is 12. The van der Waals surface area contributed by atoms with E-state index in [4.69, 9.17) is 14.2 Å². The van der Waals surface area contributed by atoms with Gasteiger partial charge in [0.15, 0.2) is 5.78 Å². The summed E-state index contributed by atoms with van der Waals surface area (Å²) in [5.74, 6) is -1.42. The number of benzene rings is 1.